The Labute approximate surface area is 211 Å². The minimum absolute atomic E-state index is 0.296. The zero-order valence-corrected chi connectivity index (χ0v) is 20.7. The topological polar surface area (TPSA) is 74.8 Å². The molecule has 3 aromatic rings. The quantitative estimate of drug-likeness (QED) is 0.494. The summed E-state index contributed by atoms with van der Waals surface area (Å²) in [6.45, 7) is 3.95. The van der Waals surface area contributed by atoms with Gasteiger partial charge in [-0.15, -0.1) is 0 Å². The fourth-order valence-corrected chi connectivity index (χ4v) is 6.66. The van der Waals surface area contributed by atoms with Crippen LogP contribution in [-0.2, 0) is 16.4 Å². The van der Waals surface area contributed by atoms with E-state index in [0.717, 1.165) is 30.9 Å². The van der Waals surface area contributed by atoms with E-state index in [1.54, 1.807) is 0 Å². The second-order valence-corrected chi connectivity index (χ2v) is 11.5. The minimum atomic E-state index is -3.97. The number of ether oxygens (including phenoxy) is 1. The molecule has 2 aromatic carbocycles. The summed E-state index contributed by atoms with van der Waals surface area (Å²) in [5.41, 5.74) is 3.57. The Hall–Kier alpha value is -3.01. The smallest absolute Gasteiger partial charge is 0.245 e. The van der Waals surface area contributed by atoms with Gasteiger partial charge in [-0.25, -0.2) is 18.1 Å². The van der Waals surface area contributed by atoms with Crippen molar-refractivity contribution < 1.29 is 17.5 Å². The highest BCUT2D eigenvalue weighted by Crippen LogP contribution is 2.41. The number of likely N-dealkylation sites (tertiary alicyclic amines) is 1. The maximum Gasteiger partial charge on any atom is 0.245 e. The number of hydrogen-bond acceptors (Lipinski definition) is 6. The van der Waals surface area contributed by atoms with Crippen molar-refractivity contribution in [1.82, 2.24) is 14.6 Å². The van der Waals surface area contributed by atoms with Gasteiger partial charge in [-0.1, -0.05) is 30.3 Å². The van der Waals surface area contributed by atoms with E-state index in [0.29, 0.717) is 31.7 Å². The van der Waals surface area contributed by atoms with E-state index in [1.165, 1.54) is 35.9 Å². The molecule has 0 spiro atoms. The maximum absolute atomic E-state index is 13.9. The van der Waals surface area contributed by atoms with Gasteiger partial charge in [0.05, 0.1) is 12.1 Å². The van der Waals surface area contributed by atoms with Crippen molar-refractivity contribution in [2.24, 2.45) is 0 Å². The zero-order valence-electron chi connectivity index (χ0n) is 19.9. The molecule has 2 fully saturated rings. The Kier molecular flexibility index (Phi) is 6.15. The van der Waals surface area contributed by atoms with Crippen molar-refractivity contribution in [3.8, 4) is 5.75 Å². The van der Waals surface area contributed by atoms with Crippen LogP contribution in [0.3, 0.4) is 0 Å². The number of hydrogen-bond donors (Lipinski definition) is 1. The lowest BCUT2D eigenvalue weighted by Gasteiger charge is -2.46. The van der Waals surface area contributed by atoms with Crippen LogP contribution in [0.5, 0.6) is 5.75 Å². The largest absolute Gasteiger partial charge is 0.492 e. The van der Waals surface area contributed by atoms with E-state index in [9.17, 15) is 12.8 Å². The van der Waals surface area contributed by atoms with E-state index in [-0.39, 0.29) is 6.04 Å². The van der Waals surface area contributed by atoms with E-state index >= 15 is 0 Å². The lowest BCUT2D eigenvalue weighted by molar-refractivity contribution is 0.0502. The van der Waals surface area contributed by atoms with Crippen LogP contribution in [0.4, 0.5) is 10.1 Å². The Morgan fingerprint density at radius 2 is 1.86 bits per heavy atom. The highest BCUT2D eigenvalue weighted by atomic mass is 32.2. The molecule has 6 rings (SSSR count). The normalized spacial score (nSPS) is 22.3. The van der Waals surface area contributed by atoms with Gasteiger partial charge in [0.15, 0.2) is 0 Å². The fraction of sp³-hybridized carbons (Fsp3) is 0.370. The highest BCUT2D eigenvalue weighted by molar-refractivity contribution is 7.89. The van der Waals surface area contributed by atoms with Crippen LogP contribution >= 0.6 is 0 Å². The molecule has 188 valence electrons. The molecule has 4 heterocycles. The molecule has 7 nitrogen and oxygen atoms in total. The van der Waals surface area contributed by atoms with Gasteiger partial charge in [-0.2, -0.15) is 4.39 Å². The van der Waals surface area contributed by atoms with Crippen LogP contribution < -0.4 is 14.4 Å². The monoisotopic (exact) mass is 508 g/mol. The molecule has 1 aromatic heterocycles. The summed E-state index contributed by atoms with van der Waals surface area (Å²) < 4.78 is 47.9. The molecule has 0 radical (unpaired) electrons. The number of halogens is 1. The van der Waals surface area contributed by atoms with Gasteiger partial charge in [0, 0.05) is 36.5 Å². The van der Waals surface area contributed by atoms with Gasteiger partial charge in [-0.3, -0.25) is 4.90 Å². The van der Waals surface area contributed by atoms with Crippen molar-refractivity contribution in [3.05, 3.63) is 83.9 Å². The van der Waals surface area contributed by atoms with Crippen molar-refractivity contribution >= 4 is 15.7 Å². The van der Waals surface area contributed by atoms with Crippen molar-refractivity contribution in [1.29, 1.82) is 0 Å². The van der Waals surface area contributed by atoms with E-state index < -0.39 is 20.9 Å². The van der Waals surface area contributed by atoms with Crippen LogP contribution in [-0.4, -0.2) is 63.2 Å². The van der Waals surface area contributed by atoms with Gasteiger partial charge in [0.2, 0.25) is 16.0 Å². The minimum Gasteiger partial charge on any atom is -0.492 e. The summed E-state index contributed by atoms with van der Waals surface area (Å²) in [6, 6.07) is 19.6. The third-order valence-electron chi connectivity index (χ3n) is 7.51. The number of rotatable bonds is 7. The summed E-state index contributed by atoms with van der Waals surface area (Å²) in [6.07, 6.45) is 3.41. The van der Waals surface area contributed by atoms with E-state index in [2.05, 4.69) is 49.8 Å². The van der Waals surface area contributed by atoms with Gasteiger partial charge in [-0.05, 0) is 61.8 Å². The molecule has 0 amide bonds. The standard InChI is InChI=1S/C27H29FN4O3S/c28-27-26(8-4-11-29-27)36(33,34)30-20-16-32(17-20)21-9-10-25-23(15-21)22(14-19-6-2-1-3-7-19)24(18-35-25)31-12-5-13-31/h1-4,6-11,15,20,22,24,30H,5,12-14,16-18H2/t22-,24+/m1/s1. The molecule has 36 heavy (non-hydrogen) atoms. The molecule has 0 bridgehead atoms. The molecule has 1 N–H and O–H groups in total. The number of aromatic nitrogens is 1. The summed E-state index contributed by atoms with van der Waals surface area (Å²) in [5.74, 6) is 0.263. The van der Waals surface area contributed by atoms with Crippen molar-refractivity contribution in [2.75, 3.05) is 37.7 Å². The first-order chi connectivity index (χ1) is 17.5. The molecule has 3 aliphatic rings. The SMILES string of the molecule is O=S(=O)(NC1CN(c2ccc3c(c2)[C@@H](Cc2ccccc2)[C@@H](N2CCC2)CO3)C1)c1cccnc1F. The molecular weight excluding hydrogens is 479 g/mol. The second-order valence-electron chi connectivity index (χ2n) is 9.80. The van der Waals surface area contributed by atoms with Crippen molar-refractivity contribution in [2.45, 2.75) is 35.7 Å². The number of fused-ring (bicyclic) bond motifs is 1. The molecule has 0 aliphatic carbocycles. The van der Waals surface area contributed by atoms with Crippen LogP contribution in [0, 0.1) is 5.95 Å². The summed E-state index contributed by atoms with van der Waals surface area (Å²) in [4.78, 5) is 7.69. The Bertz CT molecular complexity index is 1340. The summed E-state index contributed by atoms with van der Waals surface area (Å²) >= 11 is 0. The average molecular weight is 509 g/mol. The Morgan fingerprint density at radius 3 is 2.58 bits per heavy atom. The third-order valence-corrected chi connectivity index (χ3v) is 9.04. The number of sulfonamides is 1. The van der Waals surface area contributed by atoms with Gasteiger partial charge >= 0.3 is 0 Å². The third kappa shape index (κ3) is 4.47. The molecule has 0 unspecified atom stereocenters. The Balaban J connectivity index is 1.20. The molecule has 2 atom stereocenters. The summed E-state index contributed by atoms with van der Waals surface area (Å²) in [5, 5.41) is 0. The lowest BCUT2D eigenvalue weighted by Crippen LogP contribution is -2.59. The first kappa shape index (κ1) is 23.4. The van der Waals surface area contributed by atoms with Crippen LogP contribution in [0.1, 0.15) is 23.5 Å². The first-order valence-corrected chi connectivity index (χ1v) is 13.9. The fourth-order valence-electron chi connectivity index (χ4n) is 5.42. The maximum atomic E-state index is 13.9. The van der Waals surface area contributed by atoms with E-state index in [1.807, 2.05) is 18.2 Å². The molecule has 9 heteroatoms. The number of nitrogens with one attached hydrogen (secondary N) is 1. The Morgan fingerprint density at radius 1 is 1.06 bits per heavy atom. The number of nitrogens with zero attached hydrogens (tertiary/aromatic N) is 3. The predicted molar refractivity (Wildman–Crippen MR) is 135 cm³/mol. The zero-order chi connectivity index (χ0) is 24.7. The predicted octanol–water partition coefficient (Wildman–Crippen LogP) is 3.18. The highest BCUT2D eigenvalue weighted by Gasteiger charge is 2.38. The molecule has 0 saturated carbocycles. The lowest BCUT2D eigenvalue weighted by atomic mass is 9.82. The van der Waals surface area contributed by atoms with Gasteiger partial charge in [0.1, 0.15) is 17.3 Å². The van der Waals surface area contributed by atoms with Crippen LogP contribution in [0.25, 0.3) is 0 Å². The van der Waals surface area contributed by atoms with Crippen LogP contribution in [0.2, 0.25) is 0 Å². The number of benzene rings is 2. The number of anilines is 1. The first-order valence-electron chi connectivity index (χ1n) is 12.4. The van der Waals surface area contributed by atoms with E-state index in [4.69, 9.17) is 4.74 Å². The summed E-state index contributed by atoms with van der Waals surface area (Å²) in [7, 11) is -3.97. The molecule has 2 saturated heterocycles. The number of pyridine rings is 1. The van der Waals surface area contributed by atoms with Gasteiger partial charge < -0.3 is 9.64 Å². The molecular formula is C27H29FN4O3S. The average Bonchev–Trinajstić information content (AvgIpc) is 2.82. The van der Waals surface area contributed by atoms with Crippen molar-refractivity contribution in [3.63, 3.8) is 0 Å². The molecule has 3 aliphatic heterocycles. The van der Waals surface area contributed by atoms with Crippen LogP contribution in [0.15, 0.2) is 71.8 Å². The second kappa shape index (κ2) is 9.46. The van der Waals surface area contributed by atoms with Gasteiger partial charge in [0.25, 0.3) is 0 Å².